The molecule has 1 aliphatic carbocycles. The van der Waals surface area contributed by atoms with Crippen LogP contribution in [0, 0.1) is 5.41 Å². The summed E-state index contributed by atoms with van der Waals surface area (Å²) in [6.07, 6.45) is 4.61. The summed E-state index contributed by atoms with van der Waals surface area (Å²) in [5.41, 5.74) is 0.699. The zero-order valence-corrected chi connectivity index (χ0v) is 10.3. The first-order valence-corrected chi connectivity index (χ1v) is 5.82. The highest BCUT2D eigenvalue weighted by molar-refractivity contribution is 5.86. The molecule has 16 heavy (non-hydrogen) atoms. The van der Waals surface area contributed by atoms with E-state index >= 15 is 0 Å². The lowest BCUT2D eigenvalue weighted by Crippen LogP contribution is -2.36. The van der Waals surface area contributed by atoms with Crippen molar-refractivity contribution in [2.45, 2.75) is 46.5 Å². The lowest BCUT2D eigenvalue weighted by Gasteiger charge is -2.32. The van der Waals surface area contributed by atoms with Crippen molar-refractivity contribution in [1.29, 1.82) is 0 Å². The molecule has 1 rings (SSSR count). The van der Waals surface area contributed by atoms with Gasteiger partial charge in [-0.3, -0.25) is 9.59 Å². The van der Waals surface area contributed by atoms with Crippen molar-refractivity contribution in [2.24, 2.45) is 5.41 Å². The number of carbonyl (C=O) groups excluding carboxylic acids is 2. The van der Waals surface area contributed by atoms with Crippen LogP contribution in [0.3, 0.4) is 0 Å². The van der Waals surface area contributed by atoms with Gasteiger partial charge in [-0.25, -0.2) is 0 Å². The Bertz CT molecular complexity index is 317. The highest BCUT2D eigenvalue weighted by Gasteiger charge is 2.41. The fourth-order valence-electron chi connectivity index (χ4n) is 2.19. The molecule has 0 saturated carbocycles. The Hall–Kier alpha value is -1.12. The van der Waals surface area contributed by atoms with E-state index in [1.165, 1.54) is 12.5 Å². The predicted octanol–water partition coefficient (Wildman–Crippen LogP) is 2.65. The zero-order valence-electron chi connectivity index (χ0n) is 10.3. The van der Waals surface area contributed by atoms with Crippen LogP contribution in [0.25, 0.3) is 0 Å². The first-order valence-electron chi connectivity index (χ1n) is 5.82. The third-order valence-electron chi connectivity index (χ3n) is 3.13. The Morgan fingerprint density at radius 1 is 1.50 bits per heavy atom. The number of esters is 1. The maximum absolute atomic E-state index is 12.0. The van der Waals surface area contributed by atoms with Gasteiger partial charge in [-0.05, 0) is 40.0 Å². The van der Waals surface area contributed by atoms with Gasteiger partial charge >= 0.3 is 5.97 Å². The van der Waals surface area contributed by atoms with E-state index in [0.29, 0.717) is 19.4 Å². The van der Waals surface area contributed by atoms with E-state index in [1.54, 1.807) is 6.92 Å². The number of hydrogen-bond donors (Lipinski definition) is 0. The topological polar surface area (TPSA) is 43.4 Å². The van der Waals surface area contributed by atoms with Gasteiger partial charge in [-0.15, -0.1) is 0 Å². The van der Waals surface area contributed by atoms with Crippen molar-refractivity contribution in [1.82, 2.24) is 0 Å². The summed E-state index contributed by atoms with van der Waals surface area (Å²) < 4.78 is 5.10. The standard InChI is InChI=1S/C13H20O3/c1-4-16-12(15)13(9-11(3)14)7-5-10(2)6-8-13/h5H,4,6-9H2,1-3H3. The number of allylic oxidation sites excluding steroid dienone is 2. The van der Waals surface area contributed by atoms with Crippen LogP contribution in [-0.2, 0) is 14.3 Å². The Kier molecular flexibility index (Phi) is 4.27. The lowest BCUT2D eigenvalue weighted by atomic mass is 9.72. The van der Waals surface area contributed by atoms with E-state index in [-0.39, 0.29) is 11.8 Å². The van der Waals surface area contributed by atoms with E-state index < -0.39 is 5.41 Å². The van der Waals surface area contributed by atoms with Crippen LogP contribution in [-0.4, -0.2) is 18.4 Å². The number of rotatable bonds is 4. The smallest absolute Gasteiger partial charge is 0.312 e. The molecular formula is C13H20O3. The van der Waals surface area contributed by atoms with Crippen LogP contribution in [0.4, 0.5) is 0 Å². The van der Waals surface area contributed by atoms with Gasteiger partial charge in [0.05, 0.1) is 12.0 Å². The van der Waals surface area contributed by atoms with Crippen molar-refractivity contribution < 1.29 is 14.3 Å². The number of hydrogen-bond acceptors (Lipinski definition) is 3. The number of carbonyl (C=O) groups is 2. The summed E-state index contributed by atoms with van der Waals surface area (Å²) in [7, 11) is 0. The molecule has 0 amide bonds. The van der Waals surface area contributed by atoms with Crippen LogP contribution in [0.2, 0.25) is 0 Å². The van der Waals surface area contributed by atoms with E-state index in [0.717, 1.165) is 12.8 Å². The average molecular weight is 224 g/mol. The largest absolute Gasteiger partial charge is 0.466 e. The molecule has 0 aliphatic heterocycles. The molecule has 1 unspecified atom stereocenters. The molecule has 0 N–H and O–H groups in total. The Balaban J connectivity index is 2.85. The molecule has 90 valence electrons. The molecule has 0 spiro atoms. The van der Waals surface area contributed by atoms with Crippen molar-refractivity contribution in [3.8, 4) is 0 Å². The minimum atomic E-state index is -0.596. The van der Waals surface area contributed by atoms with Crippen LogP contribution in [0.1, 0.15) is 46.5 Å². The maximum Gasteiger partial charge on any atom is 0.312 e. The monoisotopic (exact) mass is 224 g/mol. The Morgan fingerprint density at radius 2 is 2.19 bits per heavy atom. The second-order valence-electron chi connectivity index (χ2n) is 4.63. The molecule has 0 aromatic heterocycles. The Labute approximate surface area is 96.9 Å². The van der Waals surface area contributed by atoms with Gasteiger partial charge in [0, 0.05) is 6.42 Å². The summed E-state index contributed by atoms with van der Waals surface area (Å²) in [4.78, 5) is 23.2. The predicted molar refractivity (Wildman–Crippen MR) is 62.0 cm³/mol. The van der Waals surface area contributed by atoms with Crippen molar-refractivity contribution in [3.05, 3.63) is 11.6 Å². The summed E-state index contributed by atoms with van der Waals surface area (Å²) in [6, 6.07) is 0. The quantitative estimate of drug-likeness (QED) is 0.544. The molecule has 0 aromatic rings. The number of Topliss-reactive ketones (excluding diaryl/α,β-unsaturated/α-hetero) is 1. The Morgan fingerprint density at radius 3 is 2.62 bits per heavy atom. The van der Waals surface area contributed by atoms with E-state index in [1.807, 2.05) is 0 Å². The van der Waals surface area contributed by atoms with Gasteiger partial charge in [0.2, 0.25) is 0 Å². The molecule has 1 aliphatic rings. The molecule has 0 saturated heterocycles. The molecule has 0 aromatic carbocycles. The van der Waals surface area contributed by atoms with E-state index in [4.69, 9.17) is 4.74 Å². The summed E-state index contributed by atoms with van der Waals surface area (Å²) in [5.74, 6) is -0.157. The number of ether oxygens (including phenoxy) is 1. The van der Waals surface area contributed by atoms with Crippen LogP contribution in [0.15, 0.2) is 11.6 Å². The van der Waals surface area contributed by atoms with Gasteiger partial charge in [0.1, 0.15) is 5.78 Å². The summed E-state index contributed by atoms with van der Waals surface area (Å²) in [5, 5.41) is 0. The molecule has 1 atom stereocenters. The lowest BCUT2D eigenvalue weighted by molar-refractivity contribution is -0.158. The van der Waals surface area contributed by atoms with Crippen LogP contribution < -0.4 is 0 Å². The van der Waals surface area contributed by atoms with E-state index in [2.05, 4.69) is 13.0 Å². The minimum Gasteiger partial charge on any atom is -0.466 e. The number of ketones is 1. The molecule has 3 nitrogen and oxygen atoms in total. The van der Waals surface area contributed by atoms with Gasteiger partial charge < -0.3 is 4.74 Å². The molecule has 0 radical (unpaired) electrons. The van der Waals surface area contributed by atoms with E-state index in [9.17, 15) is 9.59 Å². The second-order valence-corrected chi connectivity index (χ2v) is 4.63. The second kappa shape index (κ2) is 5.28. The zero-order chi connectivity index (χ0) is 12.2. The van der Waals surface area contributed by atoms with Gasteiger partial charge in [-0.2, -0.15) is 0 Å². The minimum absolute atomic E-state index is 0.0565. The fourth-order valence-corrected chi connectivity index (χ4v) is 2.19. The highest BCUT2D eigenvalue weighted by atomic mass is 16.5. The normalized spacial score (nSPS) is 24.8. The van der Waals surface area contributed by atoms with Crippen LogP contribution >= 0.6 is 0 Å². The summed E-state index contributed by atoms with van der Waals surface area (Å²) >= 11 is 0. The van der Waals surface area contributed by atoms with Crippen molar-refractivity contribution >= 4 is 11.8 Å². The fraction of sp³-hybridized carbons (Fsp3) is 0.692. The SMILES string of the molecule is CCOC(=O)C1(CC(C)=O)CC=C(C)CC1. The molecule has 3 heteroatoms. The van der Waals surface area contributed by atoms with Crippen molar-refractivity contribution in [3.63, 3.8) is 0 Å². The van der Waals surface area contributed by atoms with Crippen molar-refractivity contribution in [2.75, 3.05) is 6.61 Å². The van der Waals surface area contributed by atoms with Gasteiger partial charge in [0.15, 0.2) is 0 Å². The maximum atomic E-state index is 12.0. The summed E-state index contributed by atoms with van der Waals surface area (Å²) in [6.45, 7) is 5.76. The molecule has 0 heterocycles. The van der Waals surface area contributed by atoms with Gasteiger partial charge in [0.25, 0.3) is 0 Å². The molecule has 0 fully saturated rings. The first-order chi connectivity index (χ1) is 7.50. The third kappa shape index (κ3) is 2.94. The first kappa shape index (κ1) is 12.9. The average Bonchev–Trinajstić information content (AvgIpc) is 2.21. The third-order valence-corrected chi connectivity index (χ3v) is 3.13. The highest BCUT2D eigenvalue weighted by Crippen LogP contribution is 2.39. The van der Waals surface area contributed by atoms with Crippen LogP contribution in [0.5, 0.6) is 0 Å². The molecular weight excluding hydrogens is 204 g/mol. The van der Waals surface area contributed by atoms with Gasteiger partial charge in [-0.1, -0.05) is 11.6 Å². The molecule has 0 bridgehead atoms.